The Kier molecular flexibility index (Phi) is 6.14. The summed E-state index contributed by atoms with van der Waals surface area (Å²) in [4.78, 5) is 16.9. The van der Waals surface area contributed by atoms with Gasteiger partial charge in [-0.2, -0.15) is 5.10 Å². The highest BCUT2D eigenvalue weighted by Gasteiger charge is 2.19. The molecule has 0 aliphatic carbocycles. The number of hydrogen-bond donors (Lipinski definition) is 3. The number of anilines is 1. The standard InChI is InChI=1S/C24H21F2N5O2/c1-31-22(7-8-29-31)16-10-19(23(27)28-12-16)14-5-6-18(20(26)11-14)24(33)30-21(13-32)15-3-2-4-17(25)9-15/h2-12,21,32H,13H2,1H3,(H2,27,28)(H,30,33)/t21-/m1/s1. The van der Waals surface area contributed by atoms with Gasteiger partial charge in [-0.05, 0) is 47.5 Å². The third-order valence-electron chi connectivity index (χ3n) is 5.30. The highest BCUT2D eigenvalue weighted by molar-refractivity contribution is 5.95. The molecule has 0 saturated carbocycles. The van der Waals surface area contributed by atoms with Gasteiger partial charge in [0.2, 0.25) is 0 Å². The fraction of sp³-hybridized carbons (Fsp3) is 0.125. The van der Waals surface area contributed by atoms with Crippen LogP contribution in [0.1, 0.15) is 22.0 Å². The smallest absolute Gasteiger partial charge is 0.254 e. The number of benzene rings is 2. The largest absolute Gasteiger partial charge is 0.394 e. The van der Waals surface area contributed by atoms with E-state index in [2.05, 4.69) is 15.4 Å². The van der Waals surface area contributed by atoms with Crippen molar-refractivity contribution in [2.45, 2.75) is 6.04 Å². The molecule has 168 valence electrons. The summed E-state index contributed by atoms with van der Waals surface area (Å²) < 4.78 is 30.1. The van der Waals surface area contributed by atoms with Crippen molar-refractivity contribution in [1.29, 1.82) is 0 Å². The fourth-order valence-electron chi connectivity index (χ4n) is 3.56. The van der Waals surface area contributed by atoms with Crippen molar-refractivity contribution in [2.75, 3.05) is 12.3 Å². The van der Waals surface area contributed by atoms with Gasteiger partial charge in [-0.25, -0.2) is 13.8 Å². The van der Waals surface area contributed by atoms with Crippen LogP contribution < -0.4 is 11.1 Å². The van der Waals surface area contributed by atoms with Crippen LogP contribution in [0.4, 0.5) is 14.6 Å². The quantitative estimate of drug-likeness (QED) is 0.418. The van der Waals surface area contributed by atoms with Crippen LogP contribution in [0, 0.1) is 11.6 Å². The van der Waals surface area contributed by atoms with Gasteiger partial charge < -0.3 is 16.2 Å². The van der Waals surface area contributed by atoms with Crippen LogP contribution in [-0.4, -0.2) is 32.4 Å². The van der Waals surface area contributed by atoms with Crippen LogP contribution in [0.3, 0.4) is 0 Å². The van der Waals surface area contributed by atoms with Gasteiger partial charge in [-0.1, -0.05) is 18.2 Å². The number of aromatic nitrogens is 3. The van der Waals surface area contributed by atoms with E-state index in [9.17, 15) is 18.7 Å². The molecule has 0 radical (unpaired) electrons. The summed E-state index contributed by atoms with van der Waals surface area (Å²) in [6.45, 7) is -0.474. The Labute approximate surface area is 188 Å². The van der Waals surface area contributed by atoms with Gasteiger partial charge in [-0.15, -0.1) is 0 Å². The number of nitrogens with zero attached hydrogens (tertiary/aromatic N) is 3. The van der Waals surface area contributed by atoms with Gasteiger partial charge in [0.25, 0.3) is 5.91 Å². The molecule has 2 aromatic carbocycles. The average molecular weight is 449 g/mol. The maximum atomic E-state index is 14.9. The van der Waals surface area contributed by atoms with E-state index >= 15 is 0 Å². The third kappa shape index (κ3) is 4.58. The Morgan fingerprint density at radius 2 is 1.97 bits per heavy atom. The molecule has 0 fully saturated rings. The van der Waals surface area contributed by atoms with Crippen molar-refractivity contribution >= 4 is 11.7 Å². The van der Waals surface area contributed by atoms with Crippen molar-refractivity contribution in [1.82, 2.24) is 20.1 Å². The van der Waals surface area contributed by atoms with Crippen molar-refractivity contribution in [3.8, 4) is 22.4 Å². The van der Waals surface area contributed by atoms with E-state index in [4.69, 9.17) is 5.73 Å². The Hall–Kier alpha value is -4.11. The number of hydrogen-bond acceptors (Lipinski definition) is 5. The average Bonchev–Trinajstić information content (AvgIpc) is 3.23. The maximum absolute atomic E-state index is 14.9. The van der Waals surface area contributed by atoms with Gasteiger partial charge in [0, 0.05) is 30.6 Å². The molecule has 4 aromatic rings. The lowest BCUT2D eigenvalue weighted by molar-refractivity contribution is 0.0912. The first-order chi connectivity index (χ1) is 15.9. The van der Waals surface area contributed by atoms with Crippen LogP contribution in [-0.2, 0) is 7.05 Å². The molecule has 7 nitrogen and oxygen atoms in total. The third-order valence-corrected chi connectivity index (χ3v) is 5.30. The zero-order valence-corrected chi connectivity index (χ0v) is 17.7. The minimum Gasteiger partial charge on any atom is -0.394 e. The Morgan fingerprint density at radius 1 is 1.15 bits per heavy atom. The molecule has 2 heterocycles. The number of carbonyl (C=O) groups excluding carboxylic acids is 1. The van der Waals surface area contributed by atoms with E-state index in [0.717, 1.165) is 11.3 Å². The number of aliphatic hydroxyl groups is 1. The van der Waals surface area contributed by atoms with E-state index < -0.39 is 30.2 Å². The second-order valence-electron chi connectivity index (χ2n) is 7.46. The summed E-state index contributed by atoms with van der Waals surface area (Å²) in [7, 11) is 1.79. The summed E-state index contributed by atoms with van der Waals surface area (Å²) in [5.74, 6) is -1.80. The number of pyridine rings is 1. The Balaban J connectivity index is 1.61. The normalized spacial score (nSPS) is 11.9. The molecule has 4 N–H and O–H groups in total. The highest BCUT2D eigenvalue weighted by Crippen LogP contribution is 2.30. The predicted molar refractivity (Wildman–Crippen MR) is 120 cm³/mol. The van der Waals surface area contributed by atoms with Crippen LogP contribution in [0.2, 0.25) is 0 Å². The van der Waals surface area contributed by atoms with Crippen molar-refractivity contribution in [3.05, 3.63) is 89.8 Å². The van der Waals surface area contributed by atoms with Gasteiger partial charge in [0.05, 0.1) is 23.9 Å². The summed E-state index contributed by atoms with van der Waals surface area (Å²) >= 11 is 0. The number of aryl methyl sites for hydroxylation is 1. The zero-order chi connectivity index (χ0) is 23.5. The molecule has 1 amide bonds. The van der Waals surface area contributed by atoms with Gasteiger partial charge >= 0.3 is 0 Å². The summed E-state index contributed by atoms with van der Waals surface area (Å²) in [5.41, 5.74) is 8.70. The number of nitrogens with one attached hydrogen (secondary N) is 1. The van der Waals surface area contributed by atoms with E-state index in [1.807, 2.05) is 6.07 Å². The zero-order valence-electron chi connectivity index (χ0n) is 17.7. The Morgan fingerprint density at radius 3 is 2.64 bits per heavy atom. The minimum atomic E-state index is -0.886. The summed E-state index contributed by atoms with van der Waals surface area (Å²) in [6.07, 6.45) is 3.26. The van der Waals surface area contributed by atoms with Gasteiger partial charge in [0.15, 0.2) is 0 Å². The number of halogens is 2. The summed E-state index contributed by atoms with van der Waals surface area (Å²) in [5, 5.41) is 16.3. The van der Waals surface area contributed by atoms with Crippen molar-refractivity contribution < 1.29 is 18.7 Å². The molecule has 0 aliphatic rings. The first kappa shape index (κ1) is 22.1. The van der Waals surface area contributed by atoms with Crippen LogP contribution >= 0.6 is 0 Å². The molecule has 0 spiro atoms. The van der Waals surface area contributed by atoms with Gasteiger partial charge in [0.1, 0.15) is 17.5 Å². The van der Waals surface area contributed by atoms with Crippen LogP contribution in [0.5, 0.6) is 0 Å². The molecular weight excluding hydrogens is 428 g/mol. The van der Waals surface area contributed by atoms with E-state index in [1.165, 1.54) is 30.3 Å². The molecule has 0 bridgehead atoms. The number of nitrogen functional groups attached to an aromatic ring is 1. The Bertz CT molecular complexity index is 1320. The predicted octanol–water partition coefficient (Wildman–Crippen LogP) is 3.47. The lowest BCUT2D eigenvalue weighted by Crippen LogP contribution is -2.31. The van der Waals surface area contributed by atoms with Crippen molar-refractivity contribution in [2.24, 2.45) is 7.05 Å². The lowest BCUT2D eigenvalue weighted by Gasteiger charge is -2.17. The van der Waals surface area contributed by atoms with Crippen LogP contribution in [0.25, 0.3) is 22.4 Å². The van der Waals surface area contributed by atoms with Gasteiger partial charge in [-0.3, -0.25) is 9.48 Å². The molecular formula is C24H21F2N5O2. The molecule has 0 aliphatic heterocycles. The first-order valence-corrected chi connectivity index (χ1v) is 10.1. The van der Waals surface area contributed by atoms with E-state index in [0.29, 0.717) is 16.7 Å². The second-order valence-corrected chi connectivity index (χ2v) is 7.46. The second kappa shape index (κ2) is 9.17. The molecule has 2 aromatic heterocycles. The molecule has 9 heteroatoms. The number of nitrogens with two attached hydrogens (primary N) is 1. The highest BCUT2D eigenvalue weighted by atomic mass is 19.1. The molecule has 0 unspecified atom stereocenters. The van der Waals surface area contributed by atoms with Crippen molar-refractivity contribution in [3.63, 3.8) is 0 Å². The number of aliphatic hydroxyl groups excluding tert-OH is 1. The van der Waals surface area contributed by atoms with Crippen LogP contribution in [0.15, 0.2) is 67.0 Å². The molecule has 1 atom stereocenters. The van der Waals surface area contributed by atoms with E-state index in [-0.39, 0.29) is 11.4 Å². The number of carbonyl (C=O) groups is 1. The SMILES string of the molecule is Cn1nccc1-c1cnc(N)c(-c2ccc(C(=O)N[C@H](CO)c3cccc(F)c3)c(F)c2)c1. The number of amides is 1. The topological polar surface area (TPSA) is 106 Å². The minimum absolute atomic E-state index is 0.212. The number of rotatable bonds is 6. The lowest BCUT2D eigenvalue weighted by atomic mass is 10.0. The van der Waals surface area contributed by atoms with E-state index in [1.54, 1.807) is 42.3 Å². The molecule has 0 saturated heterocycles. The summed E-state index contributed by atoms with van der Waals surface area (Å²) in [6, 6.07) is 12.3. The monoisotopic (exact) mass is 449 g/mol. The maximum Gasteiger partial charge on any atom is 0.254 e. The molecule has 33 heavy (non-hydrogen) atoms. The fourth-order valence-corrected chi connectivity index (χ4v) is 3.56. The molecule has 4 rings (SSSR count). The first-order valence-electron chi connectivity index (χ1n) is 10.1.